The van der Waals surface area contributed by atoms with Crippen LogP contribution in [-0.4, -0.2) is 42.1 Å². The lowest BCUT2D eigenvalue weighted by molar-refractivity contribution is -0.121. The third-order valence-electron chi connectivity index (χ3n) is 4.44. The maximum absolute atomic E-state index is 12.0. The largest absolute Gasteiger partial charge is 0.508 e. The van der Waals surface area contributed by atoms with Crippen LogP contribution >= 0.6 is 0 Å². The zero-order valence-electron chi connectivity index (χ0n) is 12.4. The molecular weight excluding hydrogens is 252 g/mol. The molecule has 1 amide bonds. The predicted octanol–water partition coefficient (Wildman–Crippen LogP) is 1.93. The van der Waals surface area contributed by atoms with Gasteiger partial charge in [0.2, 0.25) is 5.91 Å². The molecule has 0 atom stereocenters. The van der Waals surface area contributed by atoms with Crippen LogP contribution in [0.5, 0.6) is 5.75 Å². The number of benzene rings is 1. The number of carbonyl (C=O) groups excluding carboxylic acids is 1. The van der Waals surface area contributed by atoms with Crippen molar-refractivity contribution >= 4 is 5.91 Å². The van der Waals surface area contributed by atoms with Gasteiger partial charge in [-0.05, 0) is 33.0 Å². The van der Waals surface area contributed by atoms with Crippen molar-refractivity contribution in [3.05, 3.63) is 29.8 Å². The van der Waals surface area contributed by atoms with Crippen molar-refractivity contribution in [1.82, 2.24) is 10.2 Å². The van der Waals surface area contributed by atoms with Crippen molar-refractivity contribution in [2.24, 2.45) is 0 Å². The number of aromatic hydroxyl groups is 1. The lowest BCUT2D eigenvalue weighted by Gasteiger charge is -2.36. The van der Waals surface area contributed by atoms with Crippen LogP contribution in [-0.2, 0) is 11.2 Å². The van der Waals surface area contributed by atoms with Gasteiger partial charge in [-0.25, -0.2) is 0 Å². The summed E-state index contributed by atoms with van der Waals surface area (Å²) in [5, 5.41) is 12.7. The van der Waals surface area contributed by atoms with Gasteiger partial charge in [-0.3, -0.25) is 4.79 Å². The van der Waals surface area contributed by atoms with Crippen molar-refractivity contribution in [2.45, 2.75) is 37.6 Å². The van der Waals surface area contributed by atoms with Crippen LogP contribution in [0, 0.1) is 0 Å². The molecule has 1 aliphatic rings. The van der Waals surface area contributed by atoms with Gasteiger partial charge in [0.05, 0.1) is 6.42 Å². The highest BCUT2D eigenvalue weighted by molar-refractivity contribution is 5.79. The maximum atomic E-state index is 12.0. The normalized spacial score (nSPS) is 17.4. The van der Waals surface area contributed by atoms with Crippen LogP contribution in [0.3, 0.4) is 0 Å². The topological polar surface area (TPSA) is 52.6 Å². The number of nitrogens with one attached hydrogen (secondary N) is 1. The second-order valence-corrected chi connectivity index (χ2v) is 5.91. The standard InChI is InChI=1S/C16H24N2O2/c1-18(2)16(9-5-6-10-16)12-17-15(20)11-13-7-3-4-8-14(13)19/h3-4,7-8,19H,5-6,9-12H2,1-2H3,(H,17,20). The first-order valence-electron chi connectivity index (χ1n) is 7.24. The summed E-state index contributed by atoms with van der Waals surface area (Å²) in [5.74, 6) is 0.158. The van der Waals surface area contributed by atoms with Gasteiger partial charge in [0.15, 0.2) is 0 Å². The molecule has 0 heterocycles. The monoisotopic (exact) mass is 276 g/mol. The molecule has 1 aromatic rings. The van der Waals surface area contributed by atoms with Crippen molar-refractivity contribution in [3.8, 4) is 5.75 Å². The Labute approximate surface area is 120 Å². The first-order valence-corrected chi connectivity index (χ1v) is 7.24. The average Bonchev–Trinajstić information content (AvgIpc) is 2.89. The molecule has 0 unspecified atom stereocenters. The van der Waals surface area contributed by atoms with E-state index in [1.807, 2.05) is 6.07 Å². The summed E-state index contributed by atoms with van der Waals surface area (Å²) < 4.78 is 0. The quantitative estimate of drug-likeness (QED) is 0.864. The number of amides is 1. The van der Waals surface area contributed by atoms with E-state index in [-0.39, 0.29) is 23.6 Å². The van der Waals surface area contributed by atoms with Crippen molar-refractivity contribution < 1.29 is 9.90 Å². The van der Waals surface area contributed by atoms with E-state index in [4.69, 9.17) is 0 Å². The highest BCUT2D eigenvalue weighted by Gasteiger charge is 2.36. The highest BCUT2D eigenvalue weighted by Crippen LogP contribution is 2.33. The minimum Gasteiger partial charge on any atom is -0.508 e. The Hall–Kier alpha value is -1.55. The second-order valence-electron chi connectivity index (χ2n) is 5.91. The van der Waals surface area contributed by atoms with Crippen LogP contribution in [0.2, 0.25) is 0 Å². The molecule has 2 N–H and O–H groups in total. The number of phenols is 1. The zero-order valence-corrected chi connectivity index (χ0v) is 12.4. The van der Waals surface area contributed by atoms with Crippen LogP contribution in [0.4, 0.5) is 0 Å². The summed E-state index contributed by atoms with van der Waals surface area (Å²) in [6, 6.07) is 6.99. The summed E-state index contributed by atoms with van der Waals surface area (Å²) in [4.78, 5) is 14.3. The van der Waals surface area contributed by atoms with Gasteiger partial charge in [0.1, 0.15) is 5.75 Å². The van der Waals surface area contributed by atoms with E-state index in [1.165, 1.54) is 12.8 Å². The van der Waals surface area contributed by atoms with E-state index in [1.54, 1.807) is 18.2 Å². The van der Waals surface area contributed by atoms with Crippen molar-refractivity contribution in [2.75, 3.05) is 20.6 Å². The number of para-hydroxylation sites is 1. The molecule has 20 heavy (non-hydrogen) atoms. The lowest BCUT2D eigenvalue weighted by atomic mass is 9.96. The van der Waals surface area contributed by atoms with E-state index < -0.39 is 0 Å². The Morgan fingerprint density at radius 3 is 2.55 bits per heavy atom. The van der Waals surface area contributed by atoms with Crippen LogP contribution in [0.15, 0.2) is 24.3 Å². The van der Waals surface area contributed by atoms with E-state index in [0.717, 1.165) is 12.8 Å². The van der Waals surface area contributed by atoms with Crippen LogP contribution < -0.4 is 5.32 Å². The minimum absolute atomic E-state index is 0.0281. The Kier molecular flexibility index (Phi) is 4.65. The summed E-state index contributed by atoms with van der Waals surface area (Å²) in [7, 11) is 4.17. The molecule has 0 bridgehead atoms. The molecule has 1 fully saturated rings. The summed E-state index contributed by atoms with van der Waals surface area (Å²) in [5.41, 5.74) is 0.782. The smallest absolute Gasteiger partial charge is 0.224 e. The van der Waals surface area contributed by atoms with Crippen LogP contribution in [0.1, 0.15) is 31.2 Å². The van der Waals surface area contributed by atoms with Gasteiger partial charge in [-0.1, -0.05) is 31.0 Å². The Morgan fingerprint density at radius 1 is 1.30 bits per heavy atom. The Morgan fingerprint density at radius 2 is 1.95 bits per heavy atom. The Bertz CT molecular complexity index is 465. The third-order valence-corrected chi connectivity index (χ3v) is 4.44. The second kappa shape index (κ2) is 6.27. The number of hydrogen-bond donors (Lipinski definition) is 2. The van der Waals surface area contributed by atoms with Gasteiger partial charge >= 0.3 is 0 Å². The van der Waals surface area contributed by atoms with Gasteiger partial charge in [-0.2, -0.15) is 0 Å². The molecule has 0 saturated heterocycles. The number of nitrogens with zero attached hydrogens (tertiary/aromatic N) is 1. The summed E-state index contributed by atoms with van der Waals surface area (Å²) in [6.45, 7) is 0.687. The fraction of sp³-hybridized carbons (Fsp3) is 0.562. The minimum atomic E-state index is -0.0281. The van der Waals surface area contributed by atoms with E-state index in [0.29, 0.717) is 12.1 Å². The maximum Gasteiger partial charge on any atom is 0.224 e. The molecule has 0 aliphatic heterocycles. The fourth-order valence-corrected chi connectivity index (χ4v) is 2.97. The molecule has 110 valence electrons. The Balaban J connectivity index is 1.90. The molecule has 0 spiro atoms. The zero-order chi connectivity index (χ0) is 14.6. The van der Waals surface area contributed by atoms with Crippen LogP contribution in [0.25, 0.3) is 0 Å². The third kappa shape index (κ3) is 3.31. The number of hydrogen-bond acceptors (Lipinski definition) is 3. The number of phenolic OH excluding ortho intramolecular Hbond substituents is 1. The molecule has 4 nitrogen and oxygen atoms in total. The van der Waals surface area contributed by atoms with Gasteiger partial charge in [0, 0.05) is 17.6 Å². The predicted molar refractivity (Wildman–Crippen MR) is 79.7 cm³/mol. The van der Waals surface area contributed by atoms with Crippen molar-refractivity contribution in [3.63, 3.8) is 0 Å². The average molecular weight is 276 g/mol. The molecule has 2 rings (SSSR count). The summed E-state index contributed by atoms with van der Waals surface area (Å²) >= 11 is 0. The van der Waals surface area contributed by atoms with Gasteiger partial charge < -0.3 is 15.3 Å². The number of likely N-dealkylation sites (N-methyl/N-ethyl adjacent to an activating group) is 1. The van der Waals surface area contributed by atoms with Gasteiger partial charge in [0.25, 0.3) is 0 Å². The van der Waals surface area contributed by atoms with E-state index in [9.17, 15) is 9.90 Å². The SMILES string of the molecule is CN(C)C1(CNC(=O)Cc2ccccc2O)CCCC1. The van der Waals surface area contributed by atoms with Gasteiger partial charge in [-0.15, -0.1) is 0 Å². The van der Waals surface area contributed by atoms with Crippen molar-refractivity contribution in [1.29, 1.82) is 0 Å². The highest BCUT2D eigenvalue weighted by atomic mass is 16.3. The molecule has 0 radical (unpaired) electrons. The summed E-state index contributed by atoms with van der Waals surface area (Å²) in [6.07, 6.45) is 4.96. The lowest BCUT2D eigenvalue weighted by Crippen LogP contribution is -2.51. The molecule has 4 heteroatoms. The molecule has 1 aliphatic carbocycles. The van der Waals surface area contributed by atoms with E-state index in [2.05, 4.69) is 24.3 Å². The molecular formula is C16H24N2O2. The molecule has 1 aromatic carbocycles. The number of carbonyl (C=O) groups is 1. The molecule has 0 aromatic heterocycles. The first kappa shape index (κ1) is 14.9. The van der Waals surface area contributed by atoms with E-state index >= 15 is 0 Å². The molecule has 1 saturated carbocycles. The fourth-order valence-electron chi connectivity index (χ4n) is 2.97. The number of rotatable bonds is 5. The first-order chi connectivity index (χ1) is 9.53.